The zero-order chi connectivity index (χ0) is 21.9. The minimum absolute atomic E-state index is 0.132. The third-order valence-corrected chi connectivity index (χ3v) is 5.90. The van der Waals surface area contributed by atoms with E-state index in [9.17, 15) is 4.79 Å². The summed E-state index contributed by atoms with van der Waals surface area (Å²) >= 11 is 0. The van der Waals surface area contributed by atoms with Crippen LogP contribution in [0.4, 0.5) is 21.9 Å². The average molecular weight is 424 g/mol. The van der Waals surface area contributed by atoms with Crippen molar-refractivity contribution in [2.75, 3.05) is 35.3 Å². The van der Waals surface area contributed by atoms with Gasteiger partial charge in [0.25, 0.3) is 0 Å². The molecule has 4 aromatic rings. The van der Waals surface area contributed by atoms with Crippen molar-refractivity contribution in [1.29, 1.82) is 0 Å². The summed E-state index contributed by atoms with van der Waals surface area (Å²) in [6, 6.07) is 30.2. The van der Waals surface area contributed by atoms with Crippen molar-refractivity contribution in [2.45, 2.75) is 6.54 Å². The van der Waals surface area contributed by atoms with Crippen LogP contribution in [0, 0.1) is 0 Å². The number of fused-ring (bicyclic) bond motifs is 2. The summed E-state index contributed by atoms with van der Waals surface area (Å²) in [5.41, 5.74) is 3.92. The van der Waals surface area contributed by atoms with Crippen molar-refractivity contribution >= 4 is 33.9 Å². The SMILES string of the molecule is COc1ccc2c(c1)N(Cc1ccccc1)CCN2C(=O)Nc1cccc2ccccc12. The number of nitrogens with zero attached hydrogens (tertiary/aromatic N) is 2. The summed E-state index contributed by atoms with van der Waals surface area (Å²) in [6.07, 6.45) is 0. The van der Waals surface area contributed by atoms with E-state index in [4.69, 9.17) is 4.74 Å². The number of urea groups is 1. The third kappa shape index (κ3) is 3.85. The molecule has 1 heterocycles. The van der Waals surface area contributed by atoms with Crippen LogP contribution in [0.3, 0.4) is 0 Å². The summed E-state index contributed by atoms with van der Waals surface area (Å²) < 4.78 is 5.47. The Balaban J connectivity index is 1.45. The van der Waals surface area contributed by atoms with Gasteiger partial charge in [0.05, 0.1) is 24.2 Å². The molecule has 1 aliphatic rings. The van der Waals surface area contributed by atoms with Gasteiger partial charge in [-0.05, 0) is 29.1 Å². The van der Waals surface area contributed by atoms with E-state index in [0.717, 1.165) is 46.7 Å². The first-order valence-corrected chi connectivity index (χ1v) is 10.8. The van der Waals surface area contributed by atoms with Gasteiger partial charge in [0.2, 0.25) is 0 Å². The molecule has 1 aliphatic heterocycles. The van der Waals surface area contributed by atoms with E-state index in [2.05, 4.69) is 46.6 Å². The molecule has 5 rings (SSSR count). The van der Waals surface area contributed by atoms with Crippen LogP contribution in [0.15, 0.2) is 91.0 Å². The number of hydrogen-bond donors (Lipinski definition) is 1. The number of hydrogen-bond acceptors (Lipinski definition) is 3. The lowest BCUT2D eigenvalue weighted by Crippen LogP contribution is -2.45. The average Bonchev–Trinajstić information content (AvgIpc) is 2.85. The maximum atomic E-state index is 13.4. The Bertz CT molecular complexity index is 1250. The van der Waals surface area contributed by atoms with Crippen LogP contribution >= 0.6 is 0 Å². The van der Waals surface area contributed by atoms with Gasteiger partial charge in [-0.1, -0.05) is 66.7 Å². The van der Waals surface area contributed by atoms with E-state index in [0.29, 0.717) is 6.54 Å². The molecule has 0 bridgehead atoms. The molecule has 160 valence electrons. The first kappa shape index (κ1) is 19.9. The van der Waals surface area contributed by atoms with Crippen LogP contribution in [-0.4, -0.2) is 26.2 Å². The van der Waals surface area contributed by atoms with Gasteiger partial charge in [-0.15, -0.1) is 0 Å². The maximum absolute atomic E-state index is 13.4. The first-order chi connectivity index (χ1) is 15.7. The smallest absolute Gasteiger partial charge is 0.326 e. The number of carbonyl (C=O) groups excluding carboxylic acids is 1. The Kier molecular flexibility index (Phi) is 5.38. The predicted molar refractivity (Wildman–Crippen MR) is 131 cm³/mol. The lowest BCUT2D eigenvalue weighted by molar-refractivity contribution is 0.257. The van der Waals surface area contributed by atoms with E-state index in [1.54, 1.807) is 7.11 Å². The second kappa shape index (κ2) is 8.63. The second-order valence-corrected chi connectivity index (χ2v) is 7.87. The van der Waals surface area contributed by atoms with E-state index in [-0.39, 0.29) is 6.03 Å². The Morgan fingerprint density at radius 3 is 2.50 bits per heavy atom. The molecule has 0 spiro atoms. The first-order valence-electron chi connectivity index (χ1n) is 10.8. The van der Waals surface area contributed by atoms with Crippen LogP contribution in [-0.2, 0) is 6.54 Å². The van der Waals surface area contributed by atoms with Gasteiger partial charge in [0.15, 0.2) is 0 Å². The van der Waals surface area contributed by atoms with E-state index in [1.165, 1.54) is 5.56 Å². The number of ether oxygens (including phenoxy) is 1. The van der Waals surface area contributed by atoms with E-state index < -0.39 is 0 Å². The van der Waals surface area contributed by atoms with E-state index in [1.807, 2.05) is 59.5 Å². The molecule has 0 unspecified atom stereocenters. The highest BCUT2D eigenvalue weighted by molar-refractivity contribution is 6.09. The monoisotopic (exact) mass is 423 g/mol. The molecule has 5 nitrogen and oxygen atoms in total. The molecule has 0 saturated carbocycles. The Hall–Kier alpha value is -3.99. The molecule has 2 amide bonds. The Morgan fingerprint density at radius 1 is 0.875 bits per heavy atom. The molecule has 4 aromatic carbocycles. The van der Waals surface area contributed by atoms with Crippen molar-refractivity contribution in [1.82, 2.24) is 0 Å². The topological polar surface area (TPSA) is 44.8 Å². The number of amides is 2. The van der Waals surface area contributed by atoms with Gasteiger partial charge < -0.3 is 15.0 Å². The van der Waals surface area contributed by atoms with Gasteiger partial charge in [0, 0.05) is 31.1 Å². The molecule has 0 saturated heterocycles. The highest BCUT2D eigenvalue weighted by Gasteiger charge is 2.27. The fourth-order valence-electron chi connectivity index (χ4n) is 4.27. The molecule has 5 heteroatoms. The van der Waals surface area contributed by atoms with Crippen LogP contribution in [0.1, 0.15) is 5.56 Å². The van der Waals surface area contributed by atoms with Crippen molar-refractivity contribution in [2.24, 2.45) is 0 Å². The predicted octanol–water partition coefficient (Wildman–Crippen LogP) is 5.91. The summed E-state index contributed by atoms with van der Waals surface area (Å²) in [6.45, 7) is 2.11. The molecule has 0 aromatic heterocycles. The molecule has 32 heavy (non-hydrogen) atoms. The molecular formula is C27H25N3O2. The minimum atomic E-state index is -0.132. The summed E-state index contributed by atoms with van der Waals surface area (Å²) in [7, 11) is 1.66. The molecule has 0 radical (unpaired) electrons. The fourth-order valence-corrected chi connectivity index (χ4v) is 4.27. The highest BCUT2D eigenvalue weighted by Crippen LogP contribution is 2.37. The standard InChI is InChI=1S/C27H25N3O2/c1-32-22-14-15-25-26(18-22)29(19-20-8-3-2-4-9-20)16-17-30(25)27(31)28-24-13-7-11-21-10-5-6-12-23(21)24/h2-15,18H,16-17,19H2,1H3,(H,28,31). The van der Waals surface area contributed by atoms with Gasteiger partial charge in [0.1, 0.15) is 5.75 Å². The Labute approximate surface area is 187 Å². The summed E-state index contributed by atoms with van der Waals surface area (Å²) in [5, 5.41) is 5.25. The lowest BCUT2D eigenvalue weighted by atomic mass is 10.1. The molecular weight excluding hydrogens is 398 g/mol. The van der Waals surface area contributed by atoms with Gasteiger partial charge in [-0.2, -0.15) is 0 Å². The molecule has 0 aliphatic carbocycles. The van der Waals surface area contributed by atoms with E-state index >= 15 is 0 Å². The molecule has 0 atom stereocenters. The van der Waals surface area contributed by atoms with Gasteiger partial charge in [-0.3, -0.25) is 4.90 Å². The number of benzene rings is 4. The third-order valence-electron chi connectivity index (χ3n) is 5.90. The largest absolute Gasteiger partial charge is 0.497 e. The molecule has 1 N–H and O–H groups in total. The van der Waals surface area contributed by atoms with Crippen molar-refractivity contribution in [3.63, 3.8) is 0 Å². The van der Waals surface area contributed by atoms with Crippen LogP contribution < -0.4 is 19.9 Å². The second-order valence-electron chi connectivity index (χ2n) is 7.87. The zero-order valence-corrected chi connectivity index (χ0v) is 18.0. The minimum Gasteiger partial charge on any atom is -0.497 e. The van der Waals surface area contributed by atoms with Crippen molar-refractivity contribution in [3.05, 3.63) is 96.6 Å². The normalized spacial score (nSPS) is 13.0. The van der Waals surface area contributed by atoms with Gasteiger partial charge >= 0.3 is 6.03 Å². The van der Waals surface area contributed by atoms with Crippen LogP contribution in [0.2, 0.25) is 0 Å². The van der Waals surface area contributed by atoms with Gasteiger partial charge in [-0.25, -0.2) is 4.79 Å². The highest BCUT2D eigenvalue weighted by atomic mass is 16.5. The maximum Gasteiger partial charge on any atom is 0.326 e. The summed E-state index contributed by atoms with van der Waals surface area (Å²) in [4.78, 5) is 17.5. The quantitative estimate of drug-likeness (QED) is 0.444. The van der Waals surface area contributed by atoms with Crippen LogP contribution in [0.25, 0.3) is 10.8 Å². The fraction of sp³-hybridized carbons (Fsp3) is 0.148. The number of rotatable bonds is 4. The van der Waals surface area contributed by atoms with Crippen molar-refractivity contribution < 1.29 is 9.53 Å². The number of anilines is 3. The summed E-state index contributed by atoms with van der Waals surface area (Å²) in [5.74, 6) is 0.776. The lowest BCUT2D eigenvalue weighted by Gasteiger charge is -2.38. The zero-order valence-electron chi connectivity index (χ0n) is 18.0. The number of carbonyl (C=O) groups is 1. The number of methoxy groups -OCH3 is 1. The Morgan fingerprint density at radius 2 is 1.66 bits per heavy atom. The van der Waals surface area contributed by atoms with Crippen molar-refractivity contribution in [3.8, 4) is 5.75 Å². The number of nitrogens with one attached hydrogen (secondary N) is 1. The van der Waals surface area contributed by atoms with Crippen LogP contribution in [0.5, 0.6) is 5.75 Å². The molecule has 0 fully saturated rings.